The molecule has 0 atom stereocenters. The SMILES string of the molecule is CCCCC1(CCCC)N=CNC1(CCCC)CCCC. The number of aliphatic imine (C=N–C) groups is 1. The van der Waals surface area contributed by atoms with Crippen LogP contribution in [0.2, 0.25) is 0 Å². The van der Waals surface area contributed by atoms with Gasteiger partial charge in [-0.3, -0.25) is 4.99 Å². The van der Waals surface area contributed by atoms with Crippen LogP contribution in [0.1, 0.15) is 105 Å². The summed E-state index contributed by atoms with van der Waals surface area (Å²) in [6.45, 7) is 9.23. The highest BCUT2D eigenvalue weighted by atomic mass is 15.2. The van der Waals surface area contributed by atoms with Gasteiger partial charge in [-0.1, -0.05) is 79.1 Å². The Hall–Kier alpha value is -0.530. The van der Waals surface area contributed by atoms with Gasteiger partial charge in [0, 0.05) is 0 Å². The van der Waals surface area contributed by atoms with Crippen LogP contribution in [0.15, 0.2) is 4.99 Å². The minimum atomic E-state index is 0.170. The van der Waals surface area contributed by atoms with Gasteiger partial charge in [0.15, 0.2) is 0 Å². The van der Waals surface area contributed by atoms with Gasteiger partial charge in [-0.05, 0) is 25.7 Å². The minimum absolute atomic E-state index is 0.170. The molecule has 0 amide bonds. The van der Waals surface area contributed by atoms with Gasteiger partial charge in [-0.15, -0.1) is 0 Å². The van der Waals surface area contributed by atoms with E-state index in [0.717, 1.165) is 0 Å². The van der Waals surface area contributed by atoms with Crippen molar-refractivity contribution in [2.75, 3.05) is 0 Å². The lowest BCUT2D eigenvalue weighted by Gasteiger charge is -2.45. The lowest BCUT2D eigenvalue weighted by Crippen LogP contribution is -2.57. The van der Waals surface area contributed by atoms with E-state index in [1.807, 2.05) is 0 Å². The highest BCUT2D eigenvalue weighted by Crippen LogP contribution is 2.44. The number of unbranched alkanes of at least 4 members (excludes halogenated alkanes) is 4. The number of nitrogens with one attached hydrogen (secondary N) is 1. The molecular formula is C19H38N2. The topological polar surface area (TPSA) is 24.4 Å². The van der Waals surface area contributed by atoms with Gasteiger partial charge in [0.1, 0.15) is 0 Å². The molecule has 0 aromatic rings. The predicted molar refractivity (Wildman–Crippen MR) is 95.2 cm³/mol. The van der Waals surface area contributed by atoms with Crippen molar-refractivity contribution < 1.29 is 0 Å². The molecule has 2 heteroatoms. The van der Waals surface area contributed by atoms with E-state index in [9.17, 15) is 0 Å². The van der Waals surface area contributed by atoms with E-state index < -0.39 is 0 Å². The molecule has 0 saturated carbocycles. The van der Waals surface area contributed by atoms with Crippen molar-refractivity contribution in [1.82, 2.24) is 5.32 Å². The van der Waals surface area contributed by atoms with Crippen molar-refractivity contribution in [3.8, 4) is 0 Å². The highest BCUT2D eigenvalue weighted by molar-refractivity contribution is 5.61. The highest BCUT2D eigenvalue weighted by Gasteiger charge is 2.51. The zero-order valence-corrected chi connectivity index (χ0v) is 15.0. The molecule has 21 heavy (non-hydrogen) atoms. The fraction of sp³-hybridized carbons (Fsp3) is 0.947. The second kappa shape index (κ2) is 9.48. The molecule has 124 valence electrons. The quantitative estimate of drug-likeness (QED) is 0.479. The summed E-state index contributed by atoms with van der Waals surface area (Å²) >= 11 is 0. The van der Waals surface area contributed by atoms with Crippen molar-refractivity contribution >= 4 is 6.34 Å². The summed E-state index contributed by atoms with van der Waals surface area (Å²) in [7, 11) is 0. The average Bonchev–Trinajstić information content (AvgIpc) is 2.86. The molecule has 0 saturated heterocycles. The first-order valence-electron chi connectivity index (χ1n) is 9.51. The van der Waals surface area contributed by atoms with E-state index in [0.29, 0.717) is 0 Å². The third-order valence-electron chi connectivity index (χ3n) is 5.35. The fourth-order valence-corrected chi connectivity index (χ4v) is 3.90. The van der Waals surface area contributed by atoms with Crippen LogP contribution >= 0.6 is 0 Å². The molecule has 2 nitrogen and oxygen atoms in total. The Morgan fingerprint density at radius 2 is 1.14 bits per heavy atom. The van der Waals surface area contributed by atoms with E-state index in [2.05, 4.69) is 39.4 Å². The maximum absolute atomic E-state index is 5.07. The van der Waals surface area contributed by atoms with Crippen molar-refractivity contribution in [3.63, 3.8) is 0 Å². The fourth-order valence-electron chi connectivity index (χ4n) is 3.90. The summed E-state index contributed by atoms with van der Waals surface area (Å²) in [5, 5.41) is 3.76. The Bertz CT molecular complexity index is 280. The maximum Gasteiger partial charge on any atom is 0.0854 e. The van der Waals surface area contributed by atoms with Crippen molar-refractivity contribution in [2.45, 2.75) is 116 Å². The molecule has 0 fully saturated rings. The molecule has 0 unspecified atom stereocenters. The summed E-state index contributed by atoms with van der Waals surface area (Å²) in [5.41, 5.74) is 0.409. The Kier molecular flexibility index (Phi) is 8.36. The predicted octanol–water partition coefficient (Wildman–Crippen LogP) is 5.86. The summed E-state index contributed by atoms with van der Waals surface area (Å²) in [5.74, 6) is 0. The van der Waals surface area contributed by atoms with Crippen LogP contribution in [0.5, 0.6) is 0 Å². The molecule has 0 aromatic heterocycles. The summed E-state index contributed by atoms with van der Waals surface area (Å²) in [6, 6.07) is 0. The minimum Gasteiger partial charge on any atom is -0.369 e. The van der Waals surface area contributed by atoms with Crippen LogP contribution in [-0.2, 0) is 0 Å². The van der Waals surface area contributed by atoms with Gasteiger partial charge in [0.05, 0.1) is 17.4 Å². The Morgan fingerprint density at radius 1 is 0.714 bits per heavy atom. The van der Waals surface area contributed by atoms with E-state index >= 15 is 0 Å². The normalized spacial score (nSPS) is 18.9. The number of hydrogen-bond donors (Lipinski definition) is 1. The van der Waals surface area contributed by atoms with E-state index in [-0.39, 0.29) is 11.1 Å². The summed E-state index contributed by atoms with van der Waals surface area (Å²) in [6.07, 6.45) is 17.5. The number of hydrogen-bond acceptors (Lipinski definition) is 2. The Labute approximate surface area is 133 Å². The summed E-state index contributed by atoms with van der Waals surface area (Å²) < 4.78 is 0. The lowest BCUT2D eigenvalue weighted by atomic mass is 9.67. The average molecular weight is 295 g/mol. The van der Waals surface area contributed by atoms with Crippen molar-refractivity contribution in [2.24, 2.45) is 4.99 Å². The molecule has 1 heterocycles. The number of rotatable bonds is 12. The van der Waals surface area contributed by atoms with Crippen LogP contribution < -0.4 is 5.32 Å². The van der Waals surface area contributed by atoms with E-state index in [1.165, 1.54) is 77.0 Å². The molecule has 1 N–H and O–H groups in total. The Morgan fingerprint density at radius 3 is 1.57 bits per heavy atom. The zero-order valence-electron chi connectivity index (χ0n) is 15.0. The Balaban J connectivity index is 2.96. The first kappa shape index (κ1) is 18.5. The lowest BCUT2D eigenvalue weighted by molar-refractivity contribution is 0.153. The van der Waals surface area contributed by atoms with Gasteiger partial charge in [0.2, 0.25) is 0 Å². The van der Waals surface area contributed by atoms with Crippen LogP contribution in [0, 0.1) is 0 Å². The number of nitrogens with zero attached hydrogens (tertiary/aromatic N) is 1. The standard InChI is InChI=1S/C19H38N2/c1-5-9-13-18(14-10-6-2)19(15-11-7-3,16-12-8-4)21-17-20-18/h17H,5-16H2,1-4H3,(H,20,21). The molecule has 1 rings (SSSR count). The van der Waals surface area contributed by atoms with Crippen LogP contribution in [0.3, 0.4) is 0 Å². The van der Waals surface area contributed by atoms with Gasteiger partial charge >= 0.3 is 0 Å². The first-order valence-corrected chi connectivity index (χ1v) is 9.51. The maximum atomic E-state index is 5.07. The van der Waals surface area contributed by atoms with Gasteiger partial charge in [-0.2, -0.15) is 0 Å². The van der Waals surface area contributed by atoms with Crippen molar-refractivity contribution in [1.29, 1.82) is 0 Å². The third-order valence-corrected chi connectivity index (χ3v) is 5.35. The van der Waals surface area contributed by atoms with E-state index in [4.69, 9.17) is 4.99 Å². The monoisotopic (exact) mass is 294 g/mol. The zero-order chi connectivity index (χ0) is 15.6. The van der Waals surface area contributed by atoms with Gasteiger partial charge < -0.3 is 5.32 Å². The van der Waals surface area contributed by atoms with Gasteiger partial charge in [0.25, 0.3) is 0 Å². The molecule has 1 aliphatic heterocycles. The second-order valence-electron chi connectivity index (χ2n) is 6.93. The summed E-state index contributed by atoms with van der Waals surface area (Å²) in [4.78, 5) is 5.07. The smallest absolute Gasteiger partial charge is 0.0854 e. The van der Waals surface area contributed by atoms with E-state index in [1.54, 1.807) is 0 Å². The van der Waals surface area contributed by atoms with Crippen LogP contribution in [0.4, 0.5) is 0 Å². The molecule has 0 bridgehead atoms. The molecule has 1 aliphatic rings. The van der Waals surface area contributed by atoms with Gasteiger partial charge in [-0.25, -0.2) is 0 Å². The largest absolute Gasteiger partial charge is 0.369 e. The molecular weight excluding hydrogens is 256 g/mol. The molecule has 0 spiro atoms. The molecule has 0 aromatic carbocycles. The second-order valence-corrected chi connectivity index (χ2v) is 6.93. The first-order chi connectivity index (χ1) is 10.2. The third kappa shape index (κ3) is 4.47. The molecule has 0 aliphatic carbocycles. The van der Waals surface area contributed by atoms with Crippen LogP contribution in [-0.4, -0.2) is 17.4 Å². The van der Waals surface area contributed by atoms with Crippen molar-refractivity contribution in [3.05, 3.63) is 0 Å². The molecule has 0 radical (unpaired) electrons. The van der Waals surface area contributed by atoms with Crippen LogP contribution in [0.25, 0.3) is 0 Å².